The Morgan fingerprint density at radius 2 is 2.16 bits per heavy atom. The minimum Gasteiger partial charge on any atom is -0.497 e. The van der Waals surface area contributed by atoms with E-state index in [1.54, 1.807) is 13.2 Å². The Bertz CT molecular complexity index is 909. The van der Waals surface area contributed by atoms with Crippen LogP contribution in [0.4, 0.5) is 5.69 Å². The fourth-order valence-electron chi connectivity index (χ4n) is 2.90. The second kappa shape index (κ2) is 6.23. The van der Waals surface area contributed by atoms with Gasteiger partial charge in [-0.25, -0.2) is 0 Å². The molecule has 2 heterocycles. The molecule has 0 radical (unpaired) electrons. The zero-order chi connectivity index (χ0) is 17.2. The van der Waals surface area contributed by atoms with Crippen molar-refractivity contribution in [2.24, 2.45) is 0 Å². The smallest absolute Gasteiger partial charge is 0.254 e. The lowest BCUT2D eigenvalue weighted by molar-refractivity contribution is 0.0947. The third-order valence-corrected chi connectivity index (χ3v) is 4.12. The molecule has 1 amide bonds. The van der Waals surface area contributed by atoms with E-state index >= 15 is 0 Å². The quantitative estimate of drug-likeness (QED) is 0.751. The summed E-state index contributed by atoms with van der Waals surface area (Å²) in [7, 11) is 1.65. The molecule has 0 unspecified atom stereocenters. The van der Waals surface area contributed by atoms with Crippen LogP contribution < -0.4 is 15.0 Å². The van der Waals surface area contributed by atoms with Crippen LogP contribution >= 0.6 is 0 Å². The largest absolute Gasteiger partial charge is 0.497 e. The van der Waals surface area contributed by atoms with Gasteiger partial charge in [-0.1, -0.05) is 12.1 Å². The number of H-pyrrole nitrogens is 1. The fraction of sp³-hybridized carbons (Fsp3) is 0.176. The van der Waals surface area contributed by atoms with Crippen molar-refractivity contribution < 1.29 is 9.53 Å². The summed E-state index contributed by atoms with van der Waals surface area (Å²) in [6.45, 7) is 1.11. The molecule has 3 aromatic rings. The Kier molecular flexibility index (Phi) is 3.77. The Morgan fingerprint density at radius 3 is 2.96 bits per heavy atom. The molecule has 0 spiro atoms. The summed E-state index contributed by atoms with van der Waals surface area (Å²) in [4.78, 5) is 14.4. The van der Waals surface area contributed by atoms with Crippen LogP contribution in [-0.4, -0.2) is 40.3 Å². The van der Waals surface area contributed by atoms with Crippen LogP contribution in [0.1, 0.15) is 15.9 Å². The van der Waals surface area contributed by atoms with E-state index in [1.807, 2.05) is 36.4 Å². The van der Waals surface area contributed by atoms with E-state index in [9.17, 15) is 4.79 Å². The van der Waals surface area contributed by atoms with Gasteiger partial charge >= 0.3 is 0 Å². The van der Waals surface area contributed by atoms with Crippen molar-refractivity contribution in [2.75, 3.05) is 18.7 Å². The van der Waals surface area contributed by atoms with Gasteiger partial charge in [0.05, 0.1) is 25.0 Å². The summed E-state index contributed by atoms with van der Waals surface area (Å²) in [5.41, 5.74) is 3.31. The number of hydrogen-bond donors (Lipinski definition) is 2. The Morgan fingerprint density at radius 1 is 1.24 bits per heavy atom. The summed E-state index contributed by atoms with van der Waals surface area (Å²) in [5, 5.41) is 16.8. The van der Waals surface area contributed by atoms with Gasteiger partial charge in [-0.3, -0.25) is 4.79 Å². The monoisotopic (exact) mass is 336 g/mol. The highest BCUT2D eigenvalue weighted by molar-refractivity contribution is 6.02. The van der Waals surface area contributed by atoms with Gasteiger partial charge in [0.15, 0.2) is 0 Å². The van der Waals surface area contributed by atoms with Crippen molar-refractivity contribution in [1.82, 2.24) is 25.9 Å². The number of aromatic nitrogens is 4. The summed E-state index contributed by atoms with van der Waals surface area (Å²) in [6.07, 6.45) is 0. The number of carbonyl (C=O) groups is 1. The molecule has 2 aromatic carbocycles. The number of aromatic amines is 1. The van der Waals surface area contributed by atoms with Gasteiger partial charge in [0.25, 0.3) is 5.91 Å². The number of tetrazole rings is 1. The highest BCUT2D eigenvalue weighted by atomic mass is 16.5. The van der Waals surface area contributed by atoms with Gasteiger partial charge in [0.2, 0.25) is 5.82 Å². The van der Waals surface area contributed by atoms with E-state index in [4.69, 9.17) is 4.74 Å². The first-order valence-electron chi connectivity index (χ1n) is 7.78. The van der Waals surface area contributed by atoms with Crippen molar-refractivity contribution in [2.45, 2.75) is 6.54 Å². The molecular weight excluding hydrogens is 320 g/mol. The normalized spacial score (nSPS) is 13.3. The molecule has 0 fully saturated rings. The van der Waals surface area contributed by atoms with E-state index in [-0.39, 0.29) is 5.91 Å². The van der Waals surface area contributed by atoms with Crippen molar-refractivity contribution in [3.8, 4) is 17.1 Å². The van der Waals surface area contributed by atoms with E-state index < -0.39 is 0 Å². The van der Waals surface area contributed by atoms with Crippen LogP contribution in [0.2, 0.25) is 0 Å². The lowest BCUT2D eigenvalue weighted by Gasteiger charge is -2.31. The Balaban J connectivity index is 1.66. The minimum atomic E-state index is -0.109. The number of ether oxygens (including phenoxy) is 1. The van der Waals surface area contributed by atoms with Gasteiger partial charge in [-0.15, -0.1) is 10.2 Å². The maximum Gasteiger partial charge on any atom is 0.254 e. The number of anilines is 1. The number of rotatable bonds is 4. The summed E-state index contributed by atoms with van der Waals surface area (Å²) >= 11 is 0. The number of benzene rings is 2. The first kappa shape index (κ1) is 15.1. The predicted molar refractivity (Wildman–Crippen MR) is 91.1 cm³/mol. The average molecular weight is 336 g/mol. The maximum absolute atomic E-state index is 12.3. The topological polar surface area (TPSA) is 96.0 Å². The van der Waals surface area contributed by atoms with Crippen LogP contribution in [0.15, 0.2) is 42.5 Å². The molecule has 1 aromatic heterocycles. The molecule has 4 rings (SSSR count). The highest BCUT2D eigenvalue weighted by Gasteiger charge is 2.23. The number of nitrogens with zero attached hydrogens (tertiary/aromatic N) is 4. The van der Waals surface area contributed by atoms with Gasteiger partial charge in [-0.2, -0.15) is 5.21 Å². The molecule has 126 valence electrons. The van der Waals surface area contributed by atoms with Gasteiger partial charge in [0, 0.05) is 12.1 Å². The van der Waals surface area contributed by atoms with Gasteiger partial charge < -0.3 is 15.0 Å². The third kappa shape index (κ3) is 2.89. The van der Waals surface area contributed by atoms with Crippen molar-refractivity contribution in [3.63, 3.8) is 0 Å². The molecule has 0 bridgehead atoms. The zero-order valence-electron chi connectivity index (χ0n) is 13.6. The predicted octanol–water partition coefficient (Wildman–Crippen LogP) is 1.58. The lowest BCUT2D eigenvalue weighted by Crippen LogP contribution is -2.43. The fourth-order valence-corrected chi connectivity index (χ4v) is 2.90. The second-order valence-corrected chi connectivity index (χ2v) is 5.68. The van der Waals surface area contributed by atoms with E-state index in [0.717, 1.165) is 22.6 Å². The number of hydrogen-bond acceptors (Lipinski definition) is 6. The highest BCUT2D eigenvalue weighted by Crippen LogP contribution is 2.29. The van der Waals surface area contributed by atoms with E-state index in [1.165, 1.54) is 0 Å². The molecule has 25 heavy (non-hydrogen) atoms. The molecule has 0 aliphatic carbocycles. The van der Waals surface area contributed by atoms with E-state index in [2.05, 4.69) is 30.8 Å². The third-order valence-electron chi connectivity index (χ3n) is 4.12. The Labute approximate surface area is 143 Å². The van der Waals surface area contributed by atoms with Crippen LogP contribution in [0, 0.1) is 0 Å². The SMILES string of the molecule is COc1cccc(CN2CNC(=O)c3cc(-c4nn[nH]n4)ccc32)c1. The van der Waals surface area contributed by atoms with Crippen molar-refractivity contribution >= 4 is 11.6 Å². The maximum atomic E-state index is 12.3. The summed E-state index contributed by atoms with van der Waals surface area (Å²) in [5.74, 6) is 1.16. The molecule has 8 heteroatoms. The summed E-state index contributed by atoms with van der Waals surface area (Å²) < 4.78 is 5.28. The average Bonchev–Trinajstić information content (AvgIpc) is 3.19. The molecular formula is C17H16N6O2. The van der Waals surface area contributed by atoms with Crippen LogP contribution in [0.5, 0.6) is 5.75 Å². The standard InChI is InChI=1S/C17H16N6O2/c1-25-13-4-2-3-11(7-13)9-23-10-18-17(24)14-8-12(5-6-15(14)23)16-19-21-22-20-16/h2-8H,9-10H2,1H3,(H,18,24)(H,19,20,21,22). The molecule has 2 N–H and O–H groups in total. The van der Waals surface area contributed by atoms with Crippen molar-refractivity contribution in [1.29, 1.82) is 0 Å². The van der Waals surface area contributed by atoms with Gasteiger partial charge in [0.1, 0.15) is 5.75 Å². The van der Waals surface area contributed by atoms with Crippen LogP contribution in [-0.2, 0) is 6.54 Å². The lowest BCUT2D eigenvalue weighted by atomic mass is 10.0. The number of amides is 1. The minimum absolute atomic E-state index is 0.109. The van der Waals surface area contributed by atoms with E-state index in [0.29, 0.717) is 24.6 Å². The van der Waals surface area contributed by atoms with Crippen LogP contribution in [0.3, 0.4) is 0 Å². The van der Waals surface area contributed by atoms with Crippen LogP contribution in [0.25, 0.3) is 11.4 Å². The molecule has 0 saturated heterocycles. The number of fused-ring (bicyclic) bond motifs is 1. The molecule has 0 saturated carbocycles. The first-order chi connectivity index (χ1) is 12.2. The number of methoxy groups -OCH3 is 1. The molecule has 0 atom stereocenters. The van der Waals surface area contributed by atoms with Gasteiger partial charge in [-0.05, 0) is 41.1 Å². The first-order valence-corrected chi connectivity index (χ1v) is 7.78. The Hall–Kier alpha value is -3.42. The molecule has 1 aliphatic heterocycles. The zero-order valence-corrected chi connectivity index (χ0v) is 13.6. The molecule has 1 aliphatic rings. The second-order valence-electron chi connectivity index (χ2n) is 5.68. The molecule has 8 nitrogen and oxygen atoms in total. The number of carbonyl (C=O) groups excluding carboxylic acids is 1. The number of nitrogens with one attached hydrogen (secondary N) is 2. The summed E-state index contributed by atoms with van der Waals surface area (Å²) in [6, 6.07) is 13.5. The van der Waals surface area contributed by atoms with Crippen molar-refractivity contribution in [3.05, 3.63) is 53.6 Å².